The molecule has 0 atom stereocenters. The van der Waals surface area contributed by atoms with Crippen LogP contribution < -0.4 is 10.2 Å². The second kappa shape index (κ2) is 7.37. The van der Waals surface area contributed by atoms with E-state index in [0.29, 0.717) is 12.5 Å². The summed E-state index contributed by atoms with van der Waals surface area (Å²) in [5.74, 6) is 1.70. The summed E-state index contributed by atoms with van der Waals surface area (Å²) in [6.45, 7) is 10.3. The number of aryl methyl sites for hydroxylation is 1. The summed E-state index contributed by atoms with van der Waals surface area (Å²) in [6.07, 6.45) is 3.63. The maximum atomic E-state index is 4.69. The van der Waals surface area contributed by atoms with Crippen LogP contribution in [0.25, 0.3) is 0 Å². The van der Waals surface area contributed by atoms with Gasteiger partial charge in [-0.25, -0.2) is 4.98 Å². The van der Waals surface area contributed by atoms with Gasteiger partial charge in [-0.15, -0.1) is 0 Å². The number of pyridine rings is 1. The van der Waals surface area contributed by atoms with Crippen molar-refractivity contribution < 1.29 is 0 Å². The van der Waals surface area contributed by atoms with Gasteiger partial charge in [0.15, 0.2) is 0 Å². The van der Waals surface area contributed by atoms with Crippen molar-refractivity contribution in [2.45, 2.75) is 20.4 Å². The van der Waals surface area contributed by atoms with E-state index in [0.717, 1.165) is 49.8 Å². The normalized spacial score (nSPS) is 15.7. The van der Waals surface area contributed by atoms with Gasteiger partial charge in [-0.05, 0) is 25.1 Å². The Hall–Kier alpha value is -2.21. The lowest BCUT2D eigenvalue weighted by Gasteiger charge is -2.34. The van der Waals surface area contributed by atoms with E-state index in [1.54, 1.807) is 6.20 Å². The molecule has 0 bridgehead atoms. The molecule has 1 fully saturated rings. The highest BCUT2D eigenvalue weighted by atomic mass is 15.3. The van der Waals surface area contributed by atoms with Crippen LogP contribution in [0.4, 0.5) is 11.8 Å². The van der Waals surface area contributed by atoms with Crippen LogP contribution in [-0.4, -0.2) is 52.6 Å². The first kappa shape index (κ1) is 15.7. The molecule has 1 aliphatic rings. The fourth-order valence-electron chi connectivity index (χ4n) is 2.77. The van der Waals surface area contributed by atoms with Crippen molar-refractivity contribution in [3.05, 3.63) is 41.9 Å². The number of nitrogens with one attached hydrogen (secondary N) is 1. The van der Waals surface area contributed by atoms with Gasteiger partial charge in [-0.2, -0.15) is 4.98 Å². The highest BCUT2D eigenvalue weighted by Crippen LogP contribution is 2.17. The Labute approximate surface area is 137 Å². The van der Waals surface area contributed by atoms with Crippen molar-refractivity contribution >= 4 is 11.8 Å². The molecule has 1 saturated heterocycles. The molecule has 1 N–H and O–H groups in total. The van der Waals surface area contributed by atoms with Crippen LogP contribution in [0.5, 0.6) is 0 Å². The van der Waals surface area contributed by atoms with Crippen LogP contribution in [0, 0.1) is 6.92 Å². The number of rotatable bonds is 5. The molecule has 1 aliphatic heterocycles. The van der Waals surface area contributed by atoms with Crippen molar-refractivity contribution in [2.75, 3.05) is 42.9 Å². The number of nitrogens with zero attached hydrogens (tertiary/aromatic N) is 5. The van der Waals surface area contributed by atoms with E-state index < -0.39 is 0 Å². The summed E-state index contributed by atoms with van der Waals surface area (Å²) in [4.78, 5) is 18.1. The number of anilines is 2. The minimum absolute atomic E-state index is 0.681. The molecule has 0 unspecified atom stereocenters. The zero-order chi connectivity index (χ0) is 16.1. The molecule has 6 nitrogen and oxygen atoms in total. The van der Waals surface area contributed by atoms with E-state index in [1.165, 1.54) is 0 Å². The molecule has 23 heavy (non-hydrogen) atoms. The predicted molar refractivity (Wildman–Crippen MR) is 92.7 cm³/mol. The Balaban J connectivity index is 1.67. The van der Waals surface area contributed by atoms with Crippen molar-refractivity contribution in [1.82, 2.24) is 19.9 Å². The highest BCUT2D eigenvalue weighted by molar-refractivity contribution is 5.45. The summed E-state index contributed by atoms with van der Waals surface area (Å²) in [6, 6.07) is 6.05. The van der Waals surface area contributed by atoms with Gasteiger partial charge in [0.1, 0.15) is 5.82 Å². The first-order valence-corrected chi connectivity index (χ1v) is 8.20. The van der Waals surface area contributed by atoms with Crippen LogP contribution in [0.15, 0.2) is 30.6 Å². The van der Waals surface area contributed by atoms with Gasteiger partial charge in [0.25, 0.3) is 0 Å². The fourth-order valence-corrected chi connectivity index (χ4v) is 2.77. The molecule has 0 amide bonds. The number of aromatic nitrogens is 3. The van der Waals surface area contributed by atoms with Gasteiger partial charge in [0, 0.05) is 56.9 Å². The third-order valence-corrected chi connectivity index (χ3v) is 4.16. The van der Waals surface area contributed by atoms with E-state index in [2.05, 4.69) is 43.1 Å². The van der Waals surface area contributed by atoms with Crippen molar-refractivity contribution in [3.63, 3.8) is 0 Å². The van der Waals surface area contributed by atoms with Gasteiger partial charge in [-0.3, -0.25) is 4.98 Å². The molecule has 0 radical (unpaired) electrons. The molecule has 2 aromatic rings. The summed E-state index contributed by atoms with van der Waals surface area (Å²) >= 11 is 0. The summed E-state index contributed by atoms with van der Waals surface area (Å²) < 4.78 is 0. The van der Waals surface area contributed by atoms with Crippen molar-refractivity contribution in [1.29, 1.82) is 0 Å². The van der Waals surface area contributed by atoms with Crippen molar-refractivity contribution in [3.8, 4) is 0 Å². The second-order valence-electron chi connectivity index (χ2n) is 5.83. The number of hydrogen-bond acceptors (Lipinski definition) is 6. The van der Waals surface area contributed by atoms with Crippen LogP contribution in [-0.2, 0) is 6.54 Å². The van der Waals surface area contributed by atoms with Crippen LogP contribution >= 0.6 is 0 Å². The number of hydrogen-bond donors (Lipinski definition) is 1. The Kier molecular flexibility index (Phi) is 5.02. The standard InChI is InChI=1S/C17H24N6/c1-3-22-7-9-23(10-8-22)16-11-14(2)20-17(21-16)19-13-15-5-4-6-18-12-15/h4-6,11-12H,3,7-10,13H2,1-2H3,(H,19,20,21). The Morgan fingerprint density at radius 2 is 2.00 bits per heavy atom. The van der Waals surface area contributed by atoms with Crippen LogP contribution in [0.1, 0.15) is 18.2 Å². The summed E-state index contributed by atoms with van der Waals surface area (Å²) in [7, 11) is 0. The molecule has 6 heteroatoms. The molecule has 0 saturated carbocycles. The molecule has 3 rings (SSSR count). The second-order valence-corrected chi connectivity index (χ2v) is 5.83. The lowest BCUT2D eigenvalue weighted by Crippen LogP contribution is -2.46. The average molecular weight is 312 g/mol. The monoisotopic (exact) mass is 312 g/mol. The quantitative estimate of drug-likeness (QED) is 0.910. The summed E-state index contributed by atoms with van der Waals surface area (Å²) in [5.41, 5.74) is 2.11. The number of piperazine rings is 1. The zero-order valence-corrected chi connectivity index (χ0v) is 13.9. The van der Waals surface area contributed by atoms with Crippen molar-refractivity contribution in [2.24, 2.45) is 0 Å². The molecule has 0 aromatic carbocycles. The van der Waals surface area contributed by atoms with E-state index in [9.17, 15) is 0 Å². The van der Waals surface area contributed by atoms with E-state index in [4.69, 9.17) is 0 Å². The lowest BCUT2D eigenvalue weighted by molar-refractivity contribution is 0.270. The SMILES string of the molecule is CCN1CCN(c2cc(C)nc(NCc3cccnc3)n2)CC1. The van der Waals surface area contributed by atoms with Gasteiger partial charge in [0.05, 0.1) is 0 Å². The van der Waals surface area contributed by atoms with Gasteiger partial charge >= 0.3 is 0 Å². The fraction of sp³-hybridized carbons (Fsp3) is 0.471. The van der Waals surface area contributed by atoms with E-state index >= 15 is 0 Å². The molecule has 0 aliphatic carbocycles. The van der Waals surface area contributed by atoms with Crippen LogP contribution in [0.3, 0.4) is 0 Å². The minimum atomic E-state index is 0.681. The van der Waals surface area contributed by atoms with Gasteiger partial charge in [0.2, 0.25) is 5.95 Å². The third kappa shape index (κ3) is 4.16. The molecule has 0 spiro atoms. The largest absolute Gasteiger partial charge is 0.354 e. The predicted octanol–water partition coefficient (Wildman–Crippen LogP) is 1.93. The Bertz CT molecular complexity index is 622. The lowest BCUT2D eigenvalue weighted by atomic mass is 10.3. The minimum Gasteiger partial charge on any atom is -0.354 e. The maximum Gasteiger partial charge on any atom is 0.225 e. The van der Waals surface area contributed by atoms with Crippen LogP contribution in [0.2, 0.25) is 0 Å². The maximum absolute atomic E-state index is 4.69. The zero-order valence-electron chi connectivity index (χ0n) is 13.9. The topological polar surface area (TPSA) is 57.2 Å². The van der Waals surface area contributed by atoms with Gasteiger partial charge < -0.3 is 15.1 Å². The molecular weight excluding hydrogens is 288 g/mol. The highest BCUT2D eigenvalue weighted by Gasteiger charge is 2.17. The molecule has 122 valence electrons. The Morgan fingerprint density at radius 1 is 1.17 bits per heavy atom. The smallest absolute Gasteiger partial charge is 0.225 e. The third-order valence-electron chi connectivity index (χ3n) is 4.16. The summed E-state index contributed by atoms with van der Waals surface area (Å²) in [5, 5.41) is 3.30. The van der Waals surface area contributed by atoms with E-state index in [-0.39, 0.29) is 0 Å². The molecular formula is C17H24N6. The number of likely N-dealkylation sites (N-methyl/N-ethyl adjacent to an activating group) is 1. The first-order valence-electron chi connectivity index (χ1n) is 8.20. The molecule has 3 heterocycles. The average Bonchev–Trinajstić information content (AvgIpc) is 2.60. The Morgan fingerprint density at radius 3 is 2.70 bits per heavy atom. The first-order chi connectivity index (χ1) is 11.2. The van der Waals surface area contributed by atoms with Gasteiger partial charge in [-0.1, -0.05) is 13.0 Å². The molecule has 2 aromatic heterocycles. The van der Waals surface area contributed by atoms with E-state index in [1.807, 2.05) is 25.3 Å².